The van der Waals surface area contributed by atoms with Crippen molar-refractivity contribution in [2.75, 3.05) is 20.3 Å². The molecule has 0 saturated carbocycles. The summed E-state index contributed by atoms with van der Waals surface area (Å²) >= 11 is 0. The number of hydroxylamine groups is 1. The van der Waals surface area contributed by atoms with Crippen molar-refractivity contribution in [2.45, 2.75) is 22.2 Å². The highest BCUT2D eigenvalue weighted by Crippen LogP contribution is 2.32. The van der Waals surface area contributed by atoms with Crippen LogP contribution < -0.4 is 10.2 Å². The van der Waals surface area contributed by atoms with Gasteiger partial charge in [-0.3, -0.25) is 10.0 Å². The van der Waals surface area contributed by atoms with Crippen LogP contribution >= 0.6 is 0 Å². The number of amides is 1. The molecule has 28 heavy (non-hydrogen) atoms. The average molecular weight is 407 g/mol. The number of ether oxygens (including phenoxy) is 2. The summed E-state index contributed by atoms with van der Waals surface area (Å²) in [6.45, 7) is -0.442. The Morgan fingerprint density at radius 2 is 1.71 bits per heavy atom. The first-order chi connectivity index (χ1) is 13.3. The van der Waals surface area contributed by atoms with Gasteiger partial charge in [0.25, 0.3) is 5.91 Å². The molecule has 8 nitrogen and oxygen atoms in total. The molecule has 1 aliphatic rings. The van der Waals surface area contributed by atoms with Gasteiger partial charge in [0, 0.05) is 6.61 Å². The summed E-state index contributed by atoms with van der Waals surface area (Å²) in [4.78, 5) is 11.9. The van der Waals surface area contributed by atoms with Crippen LogP contribution in [-0.2, 0) is 19.4 Å². The van der Waals surface area contributed by atoms with E-state index >= 15 is 0 Å². The molecule has 1 aliphatic heterocycles. The Kier molecular flexibility index (Phi) is 5.71. The van der Waals surface area contributed by atoms with Gasteiger partial charge in [0.05, 0.1) is 18.6 Å². The molecule has 2 aromatic carbocycles. The predicted molar refractivity (Wildman–Crippen MR) is 99.7 cm³/mol. The number of hydrogen-bond donors (Lipinski definition) is 3. The number of nitrogens with one attached hydrogen (secondary N) is 1. The van der Waals surface area contributed by atoms with Crippen molar-refractivity contribution in [2.24, 2.45) is 0 Å². The Labute approximate surface area is 162 Å². The molecule has 150 valence electrons. The fourth-order valence-corrected chi connectivity index (χ4v) is 5.19. The van der Waals surface area contributed by atoms with Crippen LogP contribution in [0.4, 0.5) is 0 Å². The zero-order chi connectivity index (χ0) is 20.4. The zero-order valence-corrected chi connectivity index (χ0v) is 16.0. The summed E-state index contributed by atoms with van der Waals surface area (Å²) in [6, 6.07) is 13.5. The summed E-state index contributed by atoms with van der Waals surface area (Å²) in [7, 11) is -2.48. The van der Waals surface area contributed by atoms with Crippen LogP contribution in [0, 0.1) is 0 Å². The second-order valence-corrected chi connectivity index (χ2v) is 8.62. The number of sulfone groups is 1. The lowest BCUT2D eigenvalue weighted by molar-refractivity contribution is -0.161. The number of aliphatic hydroxyl groups is 1. The van der Waals surface area contributed by atoms with Gasteiger partial charge in [0.15, 0.2) is 15.4 Å². The fraction of sp³-hybridized carbons (Fsp3) is 0.316. The van der Waals surface area contributed by atoms with Gasteiger partial charge in [-0.25, -0.2) is 13.9 Å². The molecule has 3 N–H and O–H groups in total. The minimum atomic E-state index is -4.06. The maximum Gasteiger partial charge on any atom is 0.279 e. The van der Waals surface area contributed by atoms with Gasteiger partial charge in [-0.1, -0.05) is 24.3 Å². The lowest BCUT2D eigenvalue weighted by Gasteiger charge is -2.36. The van der Waals surface area contributed by atoms with Crippen molar-refractivity contribution >= 4 is 15.7 Å². The third-order valence-electron chi connectivity index (χ3n) is 4.85. The summed E-state index contributed by atoms with van der Waals surface area (Å²) in [5.74, 6) is -0.500. The number of carbonyl (C=O) groups excluding carboxylic acids is 1. The Hall–Kier alpha value is -2.46. The number of rotatable bonds is 5. The Morgan fingerprint density at radius 3 is 2.25 bits per heavy atom. The Morgan fingerprint density at radius 1 is 1.14 bits per heavy atom. The summed E-state index contributed by atoms with van der Waals surface area (Å²) < 4.78 is 36.3. The highest BCUT2D eigenvalue weighted by atomic mass is 32.2. The largest absolute Gasteiger partial charge is 0.497 e. The van der Waals surface area contributed by atoms with Crippen molar-refractivity contribution < 1.29 is 33.0 Å². The van der Waals surface area contributed by atoms with Crippen LogP contribution in [0.2, 0.25) is 0 Å². The molecular weight excluding hydrogens is 386 g/mol. The summed E-state index contributed by atoms with van der Waals surface area (Å²) in [5.41, 5.74) is 0.635. The Bertz CT molecular complexity index is 941. The normalized spacial score (nSPS) is 22.5. The predicted octanol–water partition coefficient (Wildman–Crippen LogP) is 1.16. The SMILES string of the molecule is COc1ccc(-c2ccc(S(=O)(=O)C3CCOCC3(O)C(=O)NO)cc2)cc1. The third kappa shape index (κ3) is 3.61. The van der Waals surface area contributed by atoms with Crippen molar-refractivity contribution in [3.05, 3.63) is 48.5 Å². The first-order valence-electron chi connectivity index (χ1n) is 8.56. The minimum Gasteiger partial charge on any atom is -0.497 e. The average Bonchev–Trinajstić information content (AvgIpc) is 2.73. The van der Waals surface area contributed by atoms with Gasteiger partial charge >= 0.3 is 0 Å². The molecule has 1 amide bonds. The highest BCUT2D eigenvalue weighted by molar-refractivity contribution is 7.92. The van der Waals surface area contributed by atoms with Gasteiger partial charge in [-0.2, -0.15) is 0 Å². The molecule has 1 fully saturated rings. The van der Waals surface area contributed by atoms with E-state index in [4.69, 9.17) is 14.7 Å². The van der Waals surface area contributed by atoms with Gasteiger partial charge in [-0.15, -0.1) is 0 Å². The second-order valence-electron chi connectivity index (χ2n) is 6.49. The zero-order valence-electron chi connectivity index (χ0n) is 15.2. The second kappa shape index (κ2) is 7.88. The number of hydrogen-bond acceptors (Lipinski definition) is 7. The first kappa shape index (κ1) is 20.3. The monoisotopic (exact) mass is 407 g/mol. The van der Waals surface area contributed by atoms with Crippen molar-refractivity contribution in [1.29, 1.82) is 0 Å². The molecule has 3 rings (SSSR count). The molecule has 1 heterocycles. The molecule has 2 unspecified atom stereocenters. The van der Waals surface area contributed by atoms with Crippen molar-refractivity contribution in [3.63, 3.8) is 0 Å². The number of carbonyl (C=O) groups is 1. The van der Waals surface area contributed by atoms with E-state index in [0.29, 0.717) is 5.75 Å². The lowest BCUT2D eigenvalue weighted by Crippen LogP contribution is -2.62. The molecule has 0 spiro atoms. The van der Waals surface area contributed by atoms with Crippen LogP contribution in [0.25, 0.3) is 11.1 Å². The van der Waals surface area contributed by atoms with Crippen LogP contribution in [0.5, 0.6) is 5.75 Å². The smallest absolute Gasteiger partial charge is 0.279 e. The van der Waals surface area contributed by atoms with E-state index in [2.05, 4.69) is 0 Å². The van der Waals surface area contributed by atoms with Crippen LogP contribution in [0.15, 0.2) is 53.4 Å². The molecule has 2 atom stereocenters. The lowest BCUT2D eigenvalue weighted by atomic mass is 9.95. The standard InChI is InChI=1S/C19H21NO7S/c1-26-15-6-2-13(3-7-15)14-4-8-16(9-5-14)28(24,25)17-10-11-27-12-19(17,22)18(21)20-23/h2-9,17,22-23H,10-12H2,1H3,(H,20,21). The molecule has 0 aromatic heterocycles. The van der Waals surface area contributed by atoms with Gasteiger partial charge in [0.2, 0.25) is 0 Å². The maximum absolute atomic E-state index is 13.1. The molecule has 2 aromatic rings. The molecule has 9 heteroatoms. The van der Waals surface area contributed by atoms with E-state index in [-0.39, 0.29) is 17.9 Å². The Balaban J connectivity index is 1.91. The van der Waals surface area contributed by atoms with E-state index in [9.17, 15) is 18.3 Å². The van der Waals surface area contributed by atoms with E-state index in [1.165, 1.54) is 17.6 Å². The minimum absolute atomic E-state index is 0.0270. The molecule has 0 bridgehead atoms. The van der Waals surface area contributed by atoms with E-state index < -0.39 is 33.2 Å². The van der Waals surface area contributed by atoms with Crippen LogP contribution in [0.3, 0.4) is 0 Å². The van der Waals surface area contributed by atoms with Crippen molar-refractivity contribution in [1.82, 2.24) is 5.48 Å². The van der Waals surface area contributed by atoms with Crippen LogP contribution in [-0.4, -0.2) is 55.8 Å². The molecular formula is C19H21NO7S. The number of benzene rings is 2. The molecule has 0 aliphatic carbocycles. The summed E-state index contributed by atoms with van der Waals surface area (Å²) in [6.07, 6.45) is -0.0769. The molecule has 0 radical (unpaired) electrons. The molecule has 1 saturated heterocycles. The summed E-state index contributed by atoms with van der Waals surface area (Å²) in [5, 5.41) is 18.0. The number of methoxy groups -OCH3 is 1. The highest BCUT2D eigenvalue weighted by Gasteiger charge is 2.53. The van der Waals surface area contributed by atoms with E-state index in [0.717, 1.165) is 11.1 Å². The van der Waals surface area contributed by atoms with Gasteiger partial charge < -0.3 is 14.6 Å². The topological polar surface area (TPSA) is 122 Å². The first-order valence-corrected chi connectivity index (χ1v) is 10.1. The van der Waals surface area contributed by atoms with Gasteiger partial charge in [-0.05, 0) is 41.8 Å². The van der Waals surface area contributed by atoms with Crippen molar-refractivity contribution in [3.8, 4) is 16.9 Å². The third-order valence-corrected chi connectivity index (χ3v) is 7.16. The van der Waals surface area contributed by atoms with E-state index in [1.807, 2.05) is 12.1 Å². The maximum atomic E-state index is 13.1. The fourth-order valence-electron chi connectivity index (χ4n) is 3.26. The van der Waals surface area contributed by atoms with Gasteiger partial charge in [0.1, 0.15) is 11.0 Å². The van der Waals surface area contributed by atoms with Crippen LogP contribution in [0.1, 0.15) is 6.42 Å². The van der Waals surface area contributed by atoms with E-state index in [1.54, 1.807) is 31.4 Å². The quantitative estimate of drug-likeness (QED) is 0.502.